The Morgan fingerprint density at radius 3 is 2.27 bits per heavy atom. The van der Waals surface area contributed by atoms with Gasteiger partial charge in [0.15, 0.2) is 0 Å². The normalized spacial score (nSPS) is 12.0. The van der Waals surface area contributed by atoms with Gasteiger partial charge in [-0.25, -0.2) is 17.8 Å². The number of fused-ring (bicyclic) bond motifs is 1. The van der Waals surface area contributed by atoms with Crippen LogP contribution in [0.4, 0.5) is 9.52 Å². The van der Waals surface area contributed by atoms with Crippen molar-refractivity contribution in [3.8, 4) is 0 Å². The van der Waals surface area contributed by atoms with Gasteiger partial charge in [0.2, 0.25) is 15.2 Å². The fourth-order valence-electron chi connectivity index (χ4n) is 3.72. The maximum absolute atomic E-state index is 13.8. The van der Waals surface area contributed by atoms with E-state index < -0.39 is 21.7 Å². The summed E-state index contributed by atoms with van der Waals surface area (Å²) in [6.07, 6.45) is 1.53. The van der Waals surface area contributed by atoms with E-state index in [1.807, 2.05) is 31.2 Å². The van der Waals surface area contributed by atoms with E-state index in [4.69, 9.17) is 9.47 Å². The maximum atomic E-state index is 13.8. The van der Waals surface area contributed by atoms with E-state index in [9.17, 15) is 17.6 Å². The lowest BCUT2D eigenvalue weighted by atomic mass is 10.2. The number of hydrogen-bond acceptors (Lipinski definition) is 8. The molecule has 0 saturated heterocycles. The molecule has 4 aromatic rings. The quantitative estimate of drug-likeness (QED) is 0.177. The summed E-state index contributed by atoms with van der Waals surface area (Å²) in [5.74, 6) is -0.937. The number of anilines is 1. The molecule has 0 aliphatic carbocycles. The van der Waals surface area contributed by atoms with Crippen LogP contribution >= 0.6 is 11.3 Å². The molecule has 0 bridgehead atoms. The first-order valence-electron chi connectivity index (χ1n) is 12.3. The lowest BCUT2D eigenvalue weighted by molar-refractivity contribution is 0.0987. The van der Waals surface area contributed by atoms with Gasteiger partial charge in [0, 0.05) is 32.9 Å². The highest BCUT2D eigenvalue weighted by molar-refractivity contribution is 7.89. The number of sulfonamides is 1. The zero-order chi connectivity index (χ0) is 28.7. The van der Waals surface area contributed by atoms with Crippen LogP contribution in [0.5, 0.6) is 0 Å². The van der Waals surface area contributed by atoms with Gasteiger partial charge >= 0.3 is 0 Å². The first-order chi connectivity index (χ1) is 19.2. The number of nitrogens with zero attached hydrogens (tertiary/aromatic N) is 4. The van der Waals surface area contributed by atoms with Crippen molar-refractivity contribution >= 4 is 48.8 Å². The van der Waals surface area contributed by atoms with Crippen molar-refractivity contribution in [2.24, 2.45) is 5.10 Å². The number of methoxy groups -OCH3 is 2. The number of hydrazone groups is 1. The standard InChI is InChI=1S/C28H29FN4O5S2/c1-20-4-6-21(7-5-20)19-30-33(28-31-25-13-10-23(29)18-26(25)39-28)27(34)22-8-11-24(12-9-22)40(35,36)32(14-16-37-2)15-17-38-3/h4-13,18-19H,14-17H2,1-3H3/b30-19+. The highest BCUT2D eigenvalue weighted by Gasteiger charge is 2.26. The van der Waals surface area contributed by atoms with Crippen LogP contribution in [0.15, 0.2) is 76.7 Å². The summed E-state index contributed by atoms with van der Waals surface area (Å²) in [4.78, 5) is 18.2. The van der Waals surface area contributed by atoms with Crippen molar-refractivity contribution in [1.29, 1.82) is 0 Å². The van der Waals surface area contributed by atoms with Gasteiger partial charge in [0.05, 0.1) is 34.5 Å². The highest BCUT2D eigenvalue weighted by atomic mass is 32.2. The number of aryl methyl sites for hydroxylation is 1. The Hall–Kier alpha value is -3.55. The molecule has 40 heavy (non-hydrogen) atoms. The molecule has 0 unspecified atom stereocenters. The van der Waals surface area contributed by atoms with E-state index in [1.54, 1.807) is 0 Å². The van der Waals surface area contributed by atoms with Gasteiger partial charge in [-0.15, -0.1) is 0 Å². The predicted octanol–water partition coefficient (Wildman–Crippen LogP) is 4.71. The van der Waals surface area contributed by atoms with Crippen molar-refractivity contribution in [3.63, 3.8) is 0 Å². The fraction of sp³-hybridized carbons (Fsp3) is 0.250. The first kappa shape index (κ1) is 29.4. The molecule has 0 fully saturated rings. The lowest BCUT2D eigenvalue weighted by Gasteiger charge is -2.21. The van der Waals surface area contributed by atoms with Crippen LogP contribution < -0.4 is 5.01 Å². The van der Waals surface area contributed by atoms with Gasteiger partial charge in [-0.1, -0.05) is 41.2 Å². The molecule has 12 heteroatoms. The van der Waals surface area contributed by atoms with Crippen molar-refractivity contribution in [1.82, 2.24) is 9.29 Å². The molecule has 210 valence electrons. The second-order valence-corrected chi connectivity index (χ2v) is 11.7. The molecular formula is C28H29FN4O5S2. The second kappa shape index (κ2) is 13.2. The summed E-state index contributed by atoms with van der Waals surface area (Å²) in [5, 5.41) is 5.79. The number of amides is 1. The van der Waals surface area contributed by atoms with Gasteiger partial charge < -0.3 is 9.47 Å². The molecule has 4 rings (SSSR count). The van der Waals surface area contributed by atoms with E-state index in [0.717, 1.165) is 27.5 Å². The molecule has 1 amide bonds. The molecule has 0 N–H and O–H groups in total. The number of carbonyl (C=O) groups is 1. The zero-order valence-electron chi connectivity index (χ0n) is 22.3. The van der Waals surface area contributed by atoms with E-state index in [1.165, 1.54) is 67.2 Å². The molecule has 3 aromatic carbocycles. The molecule has 0 spiro atoms. The van der Waals surface area contributed by atoms with Gasteiger partial charge in [-0.2, -0.15) is 14.4 Å². The van der Waals surface area contributed by atoms with E-state index >= 15 is 0 Å². The molecule has 1 heterocycles. The summed E-state index contributed by atoms with van der Waals surface area (Å²) in [5.41, 5.74) is 2.57. The Morgan fingerprint density at radius 1 is 1.00 bits per heavy atom. The summed E-state index contributed by atoms with van der Waals surface area (Å²) in [6.45, 7) is 2.72. The number of rotatable bonds is 12. The molecule has 0 saturated carbocycles. The number of ether oxygens (including phenoxy) is 2. The Bertz CT molecular complexity index is 1580. The number of hydrogen-bond donors (Lipinski definition) is 0. The Kier molecular flexibility index (Phi) is 9.71. The lowest BCUT2D eigenvalue weighted by Crippen LogP contribution is -2.36. The third-order valence-electron chi connectivity index (χ3n) is 5.94. The molecule has 0 aliphatic rings. The van der Waals surface area contributed by atoms with Crippen LogP contribution in [-0.2, 0) is 19.5 Å². The highest BCUT2D eigenvalue weighted by Crippen LogP contribution is 2.31. The number of thiazole rings is 1. The SMILES string of the molecule is COCCN(CCOC)S(=O)(=O)c1ccc(C(=O)N(/N=C/c2ccc(C)cc2)c2nc3ccc(F)cc3s2)cc1. The summed E-state index contributed by atoms with van der Waals surface area (Å²) in [6, 6.07) is 17.4. The summed E-state index contributed by atoms with van der Waals surface area (Å²) >= 11 is 1.12. The van der Waals surface area contributed by atoms with Gasteiger partial charge in [0.1, 0.15) is 5.82 Å². The number of carbonyl (C=O) groups excluding carboxylic acids is 1. The van der Waals surface area contributed by atoms with Crippen LogP contribution in [0.1, 0.15) is 21.5 Å². The summed E-state index contributed by atoms with van der Waals surface area (Å²) < 4.78 is 52.2. The predicted molar refractivity (Wildman–Crippen MR) is 154 cm³/mol. The van der Waals surface area contributed by atoms with Gasteiger partial charge in [-0.3, -0.25) is 4.79 Å². The van der Waals surface area contributed by atoms with E-state index in [0.29, 0.717) is 10.2 Å². The van der Waals surface area contributed by atoms with Crippen molar-refractivity contribution in [2.75, 3.05) is 45.5 Å². The van der Waals surface area contributed by atoms with E-state index in [2.05, 4.69) is 10.1 Å². The van der Waals surface area contributed by atoms with Crippen molar-refractivity contribution in [3.05, 3.63) is 89.2 Å². The van der Waals surface area contributed by atoms with Crippen LogP contribution in [0.2, 0.25) is 0 Å². The third-order valence-corrected chi connectivity index (χ3v) is 8.85. The van der Waals surface area contributed by atoms with Crippen LogP contribution in [0, 0.1) is 12.7 Å². The first-order valence-corrected chi connectivity index (χ1v) is 14.6. The van der Waals surface area contributed by atoms with E-state index in [-0.39, 0.29) is 41.9 Å². The Morgan fingerprint density at radius 2 is 1.65 bits per heavy atom. The third kappa shape index (κ3) is 6.95. The average molecular weight is 585 g/mol. The monoisotopic (exact) mass is 584 g/mol. The maximum Gasteiger partial charge on any atom is 0.280 e. The Balaban J connectivity index is 1.66. The van der Waals surface area contributed by atoms with Crippen LogP contribution in [0.3, 0.4) is 0 Å². The molecule has 0 radical (unpaired) electrons. The zero-order valence-corrected chi connectivity index (χ0v) is 23.9. The van der Waals surface area contributed by atoms with Crippen molar-refractivity contribution < 1.29 is 27.1 Å². The fourth-order valence-corrected chi connectivity index (χ4v) is 6.08. The second-order valence-electron chi connectivity index (χ2n) is 8.79. The number of halogens is 1. The molecule has 0 aliphatic heterocycles. The topological polar surface area (TPSA) is 101 Å². The largest absolute Gasteiger partial charge is 0.383 e. The average Bonchev–Trinajstić information content (AvgIpc) is 3.36. The molecule has 9 nitrogen and oxygen atoms in total. The Labute approximate surface area is 236 Å². The van der Waals surface area contributed by atoms with Crippen LogP contribution in [-0.4, -0.2) is 70.4 Å². The molecular weight excluding hydrogens is 555 g/mol. The minimum atomic E-state index is -3.86. The smallest absolute Gasteiger partial charge is 0.280 e. The number of aromatic nitrogens is 1. The minimum absolute atomic E-state index is 0.0291. The van der Waals surface area contributed by atoms with Gasteiger partial charge in [-0.05, 0) is 55.0 Å². The van der Waals surface area contributed by atoms with Crippen molar-refractivity contribution in [2.45, 2.75) is 11.8 Å². The van der Waals surface area contributed by atoms with Crippen LogP contribution in [0.25, 0.3) is 10.2 Å². The molecule has 0 atom stereocenters. The minimum Gasteiger partial charge on any atom is -0.383 e. The number of benzene rings is 3. The van der Waals surface area contributed by atoms with Gasteiger partial charge in [0.25, 0.3) is 5.91 Å². The summed E-state index contributed by atoms with van der Waals surface area (Å²) in [7, 11) is -0.866. The molecule has 1 aromatic heterocycles.